The number of amides is 1. The highest BCUT2D eigenvalue weighted by molar-refractivity contribution is 7.91. The number of nitrogens with zero attached hydrogens (tertiary/aromatic N) is 4. The van der Waals surface area contributed by atoms with Gasteiger partial charge in [-0.3, -0.25) is 9.69 Å². The van der Waals surface area contributed by atoms with Gasteiger partial charge >= 0.3 is 0 Å². The number of sulfone groups is 1. The van der Waals surface area contributed by atoms with Crippen molar-refractivity contribution in [3.63, 3.8) is 0 Å². The highest BCUT2D eigenvalue weighted by atomic mass is 32.2. The Balaban J connectivity index is 1.91. The number of rotatable bonds is 6. The van der Waals surface area contributed by atoms with Crippen molar-refractivity contribution in [2.75, 3.05) is 31.6 Å². The minimum atomic E-state index is -2.95. The van der Waals surface area contributed by atoms with Crippen LogP contribution in [0.2, 0.25) is 0 Å². The van der Waals surface area contributed by atoms with Gasteiger partial charge in [-0.1, -0.05) is 5.16 Å². The van der Waals surface area contributed by atoms with Gasteiger partial charge < -0.3 is 9.42 Å². The van der Waals surface area contributed by atoms with Gasteiger partial charge in [0.2, 0.25) is 11.8 Å². The van der Waals surface area contributed by atoms with Crippen molar-refractivity contribution < 1.29 is 17.7 Å². The van der Waals surface area contributed by atoms with Crippen LogP contribution in [0.5, 0.6) is 0 Å². The summed E-state index contributed by atoms with van der Waals surface area (Å²) in [6, 6.07) is -0.0849. The lowest BCUT2D eigenvalue weighted by Crippen LogP contribution is -2.43. The molecule has 1 unspecified atom stereocenters. The summed E-state index contributed by atoms with van der Waals surface area (Å²) < 4.78 is 28.1. The number of hydrogen-bond donors (Lipinski definition) is 0. The first-order valence-electron chi connectivity index (χ1n) is 7.28. The van der Waals surface area contributed by atoms with E-state index in [1.165, 1.54) is 0 Å². The standard InChI is InChI=1S/C13H22N4O4S/c1-4-17(7-12-14-10(2)15-21-12)13(18)8-16(3)11-5-6-22(19,20)9-11/h11H,4-9H2,1-3H3. The average Bonchev–Trinajstić information content (AvgIpc) is 3.01. The Labute approximate surface area is 130 Å². The smallest absolute Gasteiger partial charge is 0.246 e. The van der Waals surface area contributed by atoms with Crippen LogP contribution in [0.3, 0.4) is 0 Å². The molecule has 8 nitrogen and oxygen atoms in total. The Morgan fingerprint density at radius 2 is 2.18 bits per heavy atom. The molecule has 0 bridgehead atoms. The third-order valence-electron chi connectivity index (χ3n) is 3.85. The van der Waals surface area contributed by atoms with E-state index in [-0.39, 0.29) is 36.5 Å². The molecule has 124 valence electrons. The molecule has 2 heterocycles. The monoisotopic (exact) mass is 330 g/mol. The summed E-state index contributed by atoms with van der Waals surface area (Å²) in [7, 11) is -1.16. The lowest BCUT2D eigenvalue weighted by molar-refractivity contribution is -0.133. The van der Waals surface area contributed by atoms with Crippen LogP contribution < -0.4 is 0 Å². The van der Waals surface area contributed by atoms with Crippen molar-refractivity contribution in [3.8, 4) is 0 Å². The molecule has 1 amide bonds. The number of carbonyl (C=O) groups is 1. The van der Waals surface area contributed by atoms with Gasteiger partial charge in [-0.05, 0) is 27.3 Å². The van der Waals surface area contributed by atoms with Crippen LogP contribution >= 0.6 is 0 Å². The number of hydrogen-bond acceptors (Lipinski definition) is 7. The first kappa shape index (κ1) is 16.9. The minimum absolute atomic E-state index is 0.0786. The molecule has 0 saturated carbocycles. The van der Waals surface area contributed by atoms with Crippen molar-refractivity contribution in [1.82, 2.24) is 19.9 Å². The number of aromatic nitrogens is 2. The molecule has 1 atom stereocenters. The Bertz CT molecular complexity index is 628. The predicted octanol–water partition coefficient (Wildman–Crippen LogP) is -0.155. The zero-order valence-electron chi connectivity index (χ0n) is 13.2. The zero-order valence-corrected chi connectivity index (χ0v) is 14.0. The van der Waals surface area contributed by atoms with Gasteiger partial charge in [-0.2, -0.15) is 4.98 Å². The van der Waals surface area contributed by atoms with Crippen molar-refractivity contribution >= 4 is 15.7 Å². The molecule has 9 heteroatoms. The largest absolute Gasteiger partial charge is 0.337 e. The molecule has 0 aromatic carbocycles. The summed E-state index contributed by atoms with van der Waals surface area (Å²) in [4.78, 5) is 19.9. The van der Waals surface area contributed by atoms with Crippen LogP contribution in [-0.2, 0) is 21.2 Å². The third kappa shape index (κ3) is 4.26. The number of carbonyl (C=O) groups excluding carboxylic acids is 1. The van der Waals surface area contributed by atoms with Crippen molar-refractivity contribution in [3.05, 3.63) is 11.7 Å². The highest BCUT2D eigenvalue weighted by Gasteiger charge is 2.31. The third-order valence-corrected chi connectivity index (χ3v) is 5.60. The fraction of sp³-hybridized carbons (Fsp3) is 0.769. The molecule has 1 aliphatic rings. The normalized spacial score (nSPS) is 20.5. The summed E-state index contributed by atoms with van der Waals surface area (Å²) in [5.74, 6) is 1.19. The van der Waals surface area contributed by atoms with E-state index in [4.69, 9.17) is 4.52 Å². The summed E-state index contributed by atoms with van der Waals surface area (Å²) in [6.07, 6.45) is 0.584. The molecular formula is C13H22N4O4S. The van der Waals surface area contributed by atoms with E-state index >= 15 is 0 Å². The van der Waals surface area contributed by atoms with Crippen molar-refractivity contribution in [2.45, 2.75) is 32.9 Å². The molecule has 22 heavy (non-hydrogen) atoms. The van der Waals surface area contributed by atoms with E-state index in [2.05, 4.69) is 10.1 Å². The molecule has 0 spiro atoms. The molecule has 0 radical (unpaired) electrons. The summed E-state index contributed by atoms with van der Waals surface area (Å²) in [5.41, 5.74) is 0. The minimum Gasteiger partial charge on any atom is -0.337 e. The second kappa shape index (κ2) is 6.74. The van der Waals surface area contributed by atoms with E-state index in [1.54, 1.807) is 18.9 Å². The molecule has 0 N–H and O–H groups in total. The van der Waals surface area contributed by atoms with E-state index in [1.807, 2.05) is 11.8 Å². The van der Waals surface area contributed by atoms with Crippen LogP contribution in [0.15, 0.2) is 4.52 Å². The van der Waals surface area contributed by atoms with Crippen LogP contribution in [0.25, 0.3) is 0 Å². The lowest BCUT2D eigenvalue weighted by atomic mass is 10.2. The fourth-order valence-corrected chi connectivity index (χ4v) is 4.31. The molecule has 1 fully saturated rings. The fourth-order valence-electron chi connectivity index (χ4n) is 2.51. The summed E-state index contributed by atoms with van der Waals surface area (Å²) in [6.45, 7) is 4.58. The van der Waals surface area contributed by atoms with Crippen LogP contribution in [-0.4, -0.2) is 72.0 Å². The average molecular weight is 330 g/mol. The lowest BCUT2D eigenvalue weighted by Gasteiger charge is -2.26. The molecule has 1 saturated heterocycles. The Hall–Kier alpha value is -1.48. The number of aryl methyl sites for hydroxylation is 1. The molecule has 2 rings (SSSR count). The second-order valence-corrected chi connectivity index (χ2v) is 7.84. The van der Waals surface area contributed by atoms with Crippen molar-refractivity contribution in [1.29, 1.82) is 0 Å². The van der Waals surface area contributed by atoms with Crippen molar-refractivity contribution in [2.24, 2.45) is 0 Å². The van der Waals surface area contributed by atoms with E-state index in [0.717, 1.165) is 0 Å². The van der Waals surface area contributed by atoms with Gasteiger partial charge in [0.05, 0.1) is 18.1 Å². The SMILES string of the molecule is CCN(Cc1nc(C)no1)C(=O)CN(C)C1CCS(=O)(=O)C1. The van der Waals surface area contributed by atoms with Gasteiger partial charge in [0, 0.05) is 12.6 Å². The van der Waals surface area contributed by atoms with Crippen LogP contribution in [0.1, 0.15) is 25.1 Å². The maximum absolute atomic E-state index is 12.4. The van der Waals surface area contributed by atoms with E-state index in [9.17, 15) is 13.2 Å². The Kier molecular flexibility index (Phi) is 5.17. The van der Waals surface area contributed by atoms with E-state index < -0.39 is 9.84 Å². The Morgan fingerprint density at radius 1 is 1.45 bits per heavy atom. The molecule has 1 aromatic heterocycles. The topological polar surface area (TPSA) is 96.6 Å². The number of likely N-dealkylation sites (N-methyl/N-ethyl adjacent to an activating group) is 2. The predicted molar refractivity (Wildman–Crippen MR) is 79.8 cm³/mol. The molecule has 0 aliphatic carbocycles. The van der Waals surface area contributed by atoms with Gasteiger partial charge in [-0.15, -0.1) is 0 Å². The summed E-state index contributed by atoms with van der Waals surface area (Å²) in [5, 5.41) is 3.70. The van der Waals surface area contributed by atoms with Gasteiger partial charge in [-0.25, -0.2) is 8.42 Å². The van der Waals surface area contributed by atoms with Crippen LogP contribution in [0, 0.1) is 6.92 Å². The summed E-state index contributed by atoms with van der Waals surface area (Å²) >= 11 is 0. The highest BCUT2D eigenvalue weighted by Crippen LogP contribution is 2.16. The molecular weight excluding hydrogens is 308 g/mol. The quantitative estimate of drug-likeness (QED) is 0.715. The Morgan fingerprint density at radius 3 is 2.68 bits per heavy atom. The van der Waals surface area contributed by atoms with E-state index in [0.29, 0.717) is 24.7 Å². The first-order chi connectivity index (χ1) is 10.3. The first-order valence-corrected chi connectivity index (χ1v) is 9.10. The second-order valence-electron chi connectivity index (χ2n) is 5.62. The maximum Gasteiger partial charge on any atom is 0.246 e. The molecule has 1 aromatic rings. The van der Waals surface area contributed by atoms with Gasteiger partial charge in [0.15, 0.2) is 15.7 Å². The van der Waals surface area contributed by atoms with Crippen LogP contribution in [0.4, 0.5) is 0 Å². The van der Waals surface area contributed by atoms with Gasteiger partial charge in [0.25, 0.3) is 0 Å². The zero-order chi connectivity index (χ0) is 16.3. The molecule has 1 aliphatic heterocycles. The maximum atomic E-state index is 12.4. The van der Waals surface area contributed by atoms with Gasteiger partial charge in [0.1, 0.15) is 6.54 Å².